The van der Waals surface area contributed by atoms with Crippen LogP contribution in [0.25, 0.3) is 0 Å². The predicted molar refractivity (Wildman–Crippen MR) is 77.7 cm³/mol. The fraction of sp³-hybridized carbons (Fsp3) is 0.500. The SMILES string of the molecule is Nc1ccc(CCNC(=O)C2CCCCS2)cc1. The Bertz CT molecular complexity index is 385. The van der Waals surface area contributed by atoms with Crippen LogP contribution in [0.1, 0.15) is 24.8 Å². The second-order valence-electron chi connectivity index (χ2n) is 4.64. The minimum Gasteiger partial charge on any atom is -0.399 e. The summed E-state index contributed by atoms with van der Waals surface area (Å²) in [6.07, 6.45) is 4.32. The average Bonchev–Trinajstić information content (AvgIpc) is 2.42. The van der Waals surface area contributed by atoms with E-state index in [1.807, 2.05) is 24.3 Å². The van der Waals surface area contributed by atoms with Crippen LogP contribution in [0, 0.1) is 0 Å². The zero-order valence-corrected chi connectivity index (χ0v) is 11.3. The van der Waals surface area contributed by atoms with Crippen LogP contribution in [0.4, 0.5) is 5.69 Å². The minimum absolute atomic E-state index is 0.171. The standard InChI is InChI=1S/C14H20N2OS/c15-12-6-4-11(5-7-12)8-9-16-14(17)13-3-1-2-10-18-13/h4-7,13H,1-3,8-10,15H2,(H,16,17). The molecule has 0 spiro atoms. The number of nitrogen functional groups attached to an aromatic ring is 1. The van der Waals surface area contributed by atoms with Gasteiger partial charge in [-0.25, -0.2) is 0 Å². The lowest BCUT2D eigenvalue weighted by atomic mass is 10.1. The van der Waals surface area contributed by atoms with Crippen molar-refractivity contribution < 1.29 is 4.79 Å². The summed E-state index contributed by atoms with van der Waals surface area (Å²) in [5.74, 6) is 1.32. The van der Waals surface area contributed by atoms with Crippen molar-refractivity contribution in [2.75, 3.05) is 18.0 Å². The highest BCUT2D eigenvalue weighted by Gasteiger charge is 2.20. The van der Waals surface area contributed by atoms with E-state index in [0.717, 1.165) is 24.3 Å². The van der Waals surface area contributed by atoms with Crippen molar-refractivity contribution in [1.82, 2.24) is 5.32 Å². The second kappa shape index (κ2) is 6.69. The molecule has 2 rings (SSSR count). The average molecular weight is 264 g/mol. The van der Waals surface area contributed by atoms with Crippen molar-refractivity contribution in [1.29, 1.82) is 0 Å². The van der Waals surface area contributed by atoms with Crippen molar-refractivity contribution in [3.05, 3.63) is 29.8 Å². The van der Waals surface area contributed by atoms with E-state index in [-0.39, 0.29) is 11.2 Å². The predicted octanol–water partition coefficient (Wildman–Crippen LogP) is 2.21. The fourth-order valence-electron chi connectivity index (χ4n) is 2.08. The van der Waals surface area contributed by atoms with Crippen LogP contribution in [0.3, 0.4) is 0 Å². The third-order valence-electron chi connectivity index (χ3n) is 3.16. The first kappa shape index (κ1) is 13.3. The molecular formula is C14H20N2OS. The van der Waals surface area contributed by atoms with Crippen molar-refractivity contribution in [3.63, 3.8) is 0 Å². The van der Waals surface area contributed by atoms with Crippen LogP contribution < -0.4 is 11.1 Å². The zero-order chi connectivity index (χ0) is 12.8. The van der Waals surface area contributed by atoms with Crippen LogP contribution in [-0.2, 0) is 11.2 Å². The van der Waals surface area contributed by atoms with E-state index in [2.05, 4.69) is 5.32 Å². The molecule has 1 saturated heterocycles. The number of benzene rings is 1. The van der Waals surface area contributed by atoms with Gasteiger partial charge in [-0.15, -0.1) is 11.8 Å². The maximum Gasteiger partial charge on any atom is 0.233 e. The van der Waals surface area contributed by atoms with Gasteiger partial charge in [-0.3, -0.25) is 4.79 Å². The first-order valence-corrected chi connectivity index (χ1v) is 7.54. The Balaban J connectivity index is 1.71. The molecule has 1 aliphatic heterocycles. The first-order valence-electron chi connectivity index (χ1n) is 6.49. The summed E-state index contributed by atoms with van der Waals surface area (Å²) in [5.41, 5.74) is 7.62. The molecular weight excluding hydrogens is 244 g/mol. The number of thioether (sulfide) groups is 1. The number of anilines is 1. The summed E-state index contributed by atoms with van der Waals surface area (Å²) in [7, 11) is 0. The summed E-state index contributed by atoms with van der Waals surface area (Å²) in [6.45, 7) is 0.708. The Hall–Kier alpha value is -1.16. The molecule has 18 heavy (non-hydrogen) atoms. The quantitative estimate of drug-likeness (QED) is 0.820. The number of nitrogens with one attached hydrogen (secondary N) is 1. The Labute approximate surface area is 113 Å². The van der Waals surface area contributed by atoms with Crippen molar-refractivity contribution in [3.8, 4) is 0 Å². The monoisotopic (exact) mass is 264 g/mol. The van der Waals surface area contributed by atoms with E-state index in [1.54, 1.807) is 11.8 Å². The van der Waals surface area contributed by atoms with Gasteiger partial charge in [0.15, 0.2) is 0 Å². The Morgan fingerprint density at radius 2 is 2.11 bits per heavy atom. The van der Waals surface area contributed by atoms with Gasteiger partial charge in [0.05, 0.1) is 5.25 Å². The van der Waals surface area contributed by atoms with Crippen LogP contribution in [0.5, 0.6) is 0 Å². The molecule has 4 heteroatoms. The fourth-order valence-corrected chi connectivity index (χ4v) is 3.30. The molecule has 1 aliphatic rings. The summed E-state index contributed by atoms with van der Waals surface area (Å²) >= 11 is 1.79. The topological polar surface area (TPSA) is 55.1 Å². The summed E-state index contributed by atoms with van der Waals surface area (Å²) < 4.78 is 0. The van der Waals surface area contributed by atoms with E-state index in [0.29, 0.717) is 6.54 Å². The third-order valence-corrected chi connectivity index (χ3v) is 4.54. The van der Waals surface area contributed by atoms with E-state index >= 15 is 0 Å². The molecule has 0 aliphatic carbocycles. The molecule has 1 atom stereocenters. The van der Waals surface area contributed by atoms with E-state index in [4.69, 9.17) is 5.73 Å². The lowest BCUT2D eigenvalue weighted by molar-refractivity contribution is -0.120. The summed E-state index contributed by atoms with van der Waals surface area (Å²) in [6, 6.07) is 7.82. The number of amides is 1. The zero-order valence-electron chi connectivity index (χ0n) is 10.5. The van der Waals surface area contributed by atoms with Gasteiger partial charge in [0.1, 0.15) is 0 Å². The molecule has 1 aromatic carbocycles. The van der Waals surface area contributed by atoms with E-state index < -0.39 is 0 Å². The molecule has 1 aromatic rings. The maximum atomic E-state index is 11.9. The third kappa shape index (κ3) is 3.95. The molecule has 0 aromatic heterocycles. The number of rotatable bonds is 4. The van der Waals surface area contributed by atoms with Crippen LogP contribution >= 0.6 is 11.8 Å². The van der Waals surface area contributed by atoms with Gasteiger partial charge in [-0.1, -0.05) is 18.6 Å². The summed E-state index contributed by atoms with van der Waals surface area (Å²) in [4.78, 5) is 11.9. The number of carbonyl (C=O) groups is 1. The van der Waals surface area contributed by atoms with Crippen molar-refractivity contribution in [2.24, 2.45) is 0 Å². The molecule has 98 valence electrons. The van der Waals surface area contributed by atoms with Crippen LogP contribution in [-0.4, -0.2) is 23.5 Å². The molecule has 0 saturated carbocycles. The first-order chi connectivity index (χ1) is 8.75. The van der Waals surface area contributed by atoms with Gasteiger partial charge in [-0.2, -0.15) is 0 Å². The van der Waals surface area contributed by atoms with E-state index in [1.165, 1.54) is 18.4 Å². The van der Waals surface area contributed by atoms with Gasteiger partial charge < -0.3 is 11.1 Å². The highest BCUT2D eigenvalue weighted by Crippen LogP contribution is 2.24. The summed E-state index contributed by atoms with van der Waals surface area (Å²) in [5, 5.41) is 3.20. The molecule has 3 N–H and O–H groups in total. The van der Waals surface area contributed by atoms with Gasteiger partial charge >= 0.3 is 0 Å². The van der Waals surface area contributed by atoms with Crippen molar-refractivity contribution in [2.45, 2.75) is 30.9 Å². The number of hydrogen-bond donors (Lipinski definition) is 2. The van der Waals surface area contributed by atoms with Crippen molar-refractivity contribution >= 4 is 23.4 Å². The van der Waals surface area contributed by atoms with Gasteiger partial charge in [0.2, 0.25) is 5.91 Å². The van der Waals surface area contributed by atoms with Gasteiger partial charge in [0, 0.05) is 12.2 Å². The van der Waals surface area contributed by atoms with E-state index in [9.17, 15) is 4.79 Å². The minimum atomic E-state index is 0.171. The Morgan fingerprint density at radius 1 is 1.33 bits per heavy atom. The Kier molecular flexibility index (Phi) is 4.93. The number of carbonyl (C=O) groups excluding carboxylic acids is 1. The highest BCUT2D eigenvalue weighted by molar-refractivity contribution is 8.00. The largest absolute Gasteiger partial charge is 0.399 e. The molecule has 1 fully saturated rings. The highest BCUT2D eigenvalue weighted by atomic mass is 32.2. The molecule has 1 amide bonds. The van der Waals surface area contributed by atoms with Crippen LogP contribution in [0.2, 0.25) is 0 Å². The molecule has 0 bridgehead atoms. The van der Waals surface area contributed by atoms with Crippen LogP contribution in [0.15, 0.2) is 24.3 Å². The lowest BCUT2D eigenvalue weighted by Crippen LogP contribution is -2.35. The normalized spacial score (nSPS) is 19.4. The lowest BCUT2D eigenvalue weighted by Gasteiger charge is -2.20. The smallest absolute Gasteiger partial charge is 0.233 e. The maximum absolute atomic E-state index is 11.9. The van der Waals surface area contributed by atoms with Gasteiger partial charge in [0.25, 0.3) is 0 Å². The number of hydrogen-bond acceptors (Lipinski definition) is 3. The second-order valence-corrected chi connectivity index (χ2v) is 5.95. The molecule has 0 radical (unpaired) electrons. The molecule has 1 unspecified atom stereocenters. The molecule has 1 heterocycles. The van der Waals surface area contributed by atoms with Gasteiger partial charge in [-0.05, 0) is 42.7 Å². The molecule has 3 nitrogen and oxygen atoms in total. The number of nitrogens with two attached hydrogens (primary N) is 1. The Morgan fingerprint density at radius 3 is 2.78 bits per heavy atom.